The van der Waals surface area contributed by atoms with E-state index in [2.05, 4.69) is 27.9 Å². The van der Waals surface area contributed by atoms with Crippen LogP contribution in [0.5, 0.6) is 0 Å². The number of rotatable bonds is 6. The molecule has 23 heavy (non-hydrogen) atoms. The number of amides is 2. The predicted molar refractivity (Wildman–Crippen MR) is 91.7 cm³/mol. The Kier molecular flexibility index (Phi) is 5.68. The number of pyridine rings is 1. The number of hydrogen-bond acceptors (Lipinski definition) is 4. The Morgan fingerprint density at radius 3 is 2.26 bits per heavy atom. The first-order valence-corrected chi connectivity index (χ1v) is 7.47. The lowest BCUT2D eigenvalue weighted by Gasteiger charge is -2.08. The highest BCUT2D eigenvalue weighted by molar-refractivity contribution is 6.03. The summed E-state index contributed by atoms with van der Waals surface area (Å²) in [5.74, 6) is -0.417. The van der Waals surface area contributed by atoms with Crippen molar-refractivity contribution in [2.24, 2.45) is 0 Å². The number of carbonyl (C=O) groups excluding carboxylic acids is 2. The molecule has 0 spiro atoms. The molecule has 0 unspecified atom stereocenters. The second kappa shape index (κ2) is 7.93. The van der Waals surface area contributed by atoms with Crippen molar-refractivity contribution in [2.45, 2.75) is 20.3 Å². The van der Waals surface area contributed by atoms with E-state index >= 15 is 0 Å². The summed E-state index contributed by atoms with van der Waals surface area (Å²) in [7, 11) is 0. The van der Waals surface area contributed by atoms with Crippen LogP contribution in [0.3, 0.4) is 0 Å². The van der Waals surface area contributed by atoms with E-state index in [1.165, 1.54) is 6.92 Å². The number of hydrogen-bond donors (Lipinski definition) is 3. The zero-order valence-corrected chi connectivity index (χ0v) is 13.2. The SMILES string of the molecule is CCCNc1ccnc(C(=O)Nc2ccc(NC(C)=O)cc2)c1. The lowest BCUT2D eigenvalue weighted by molar-refractivity contribution is -0.114. The molecular weight excluding hydrogens is 292 g/mol. The fraction of sp³-hybridized carbons (Fsp3) is 0.235. The van der Waals surface area contributed by atoms with E-state index < -0.39 is 0 Å². The molecule has 2 rings (SSSR count). The van der Waals surface area contributed by atoms with Gasteiger partial charge >= 0.3 is 0 Å². The van der Waals surface area contributed by atoms with Gasteiger partial charge in [0.25, 0.3) is 5.91 Å². The quantitative estimate of drug-likeness (QED) is 0.765. The Morgan fingerprint density at radius 1 is 1.00 bits per heavy atom. The monoisotopic (exact) mass is 312 g/mol. The molecule has 1 aromatic heterocycles. The molecule has 0 aliphatic carbocycles. The van der Waals surface area contributed by atoms with Gasteiger partial charge in [-0.05, 0) is 42.8 Å². The highest BCUT2D eigenvalue weighted by Gasteiger charge is 2.08. The van der Waals surface area contributed by atoms with Crippen LogP contribution in [-0.4, -0.2) is 23.3 Å². The molecule has 6 heteroatoms. The molecule has 0 fully saturated rings. The second-order valence-corrected chi connectivity index (χ2v) is 5.07. The molecule has 1 heterocycles. The van der Waals surface area contributed by atoms with Gasteiger partial charge in [0.05, 0.1) is 0 Å². The molecule has 0 saturated heterocycles. The molecule has 0 radical (unpaired) electrons. The van der Waals surface area contributed by atoms with Crippen LogP contribution >= 0.6 is 0 Å². The van der Waals surface area contributed by atoms with Crippen molar-refractivity contribution < 1.29 is 9.59 Å². The zero-order valence-electron chi connectivity index (χ0n) is 13.2. The van der Waals surface area contributed by atoms with E-state index in [0.717, 1.165) is 18.7 Å². The summed E-state index contributed by atoms with van der Waals surface area (Å²) in [5.41, 5.74) is 2.53. The fourth-order valence-corrected chi connectivity index (χ4v) is 1.97. The Hall–Kier alpha value is -2.89. The molecule has 3 N–H and O–H groups in total. The molecule has 0 saturated carbocycles. The number of benzene rings is 1. The van der Waals surface area contributed by atoms with Crippen molar-refractivity contribution in [3.63, 3.8) is 0 Å². The van der Waals surface area contributed by atoms with Gasteiger partial charge in [-0.3, -0.25) is 14.6 Å². The molecule has 1 aromatic carbocycles. The first kappa shape index (κ1) is 16.5. The van der Waals surface area contributed by atoms with Crippen molar-refractivity contribution >= 4 is 28.9 Å². The van der Waals surface area contributed by atoms with Crippen LogP contribution in [0.25, 0.3) is 0 Å². The van der Waals surface area contributed by atoms with Crippen LogP contribution < -0.4 is 16.0 Å². The molecule has 2 amide bonds. The summed E-state index contributed by atoms with van der Waals surface area (Å²) in [4.78, 5) is 27.3. The first-order valence-electron chi connectivity index (χ1n) is 7.47. The van der Waals surface area contributed by atoms with Gasteiger partial charge in [-0.2, -0.15) is 0 Å². The Morgan fingerprint density at radius 2 is 1.65 bits per heavy atom. The van der Waals surface area contributed by atoms with Crippen molar-refractivity contribution in [2.75, 3.05) is 22.5 Å². The van der Waals surface area contributed by atoms with Crippen LogP contribution in [0.15, 0.2) is 42.6 Å². The molecule has 0 aliphatic rings. The van der Waals surface area contributed by atoms with Gasteiger partial charge in [-0.15, -0.1) is 0 Å². The van der Waals surface area contributed by atoms with Crippen molar-refractivity contribution in [3.8, 4) is 0 Å². The Labute approximate surface area is 135 Å². The molecular formula is C17H20N4O2. The number of nitrogens with zero attached hydrogens (tertiary/aromatic N) is 1. The molecule has 120 valence electrons. The van der Waals surface area contributed by atoms with Gasteiger partial charge in [0.15, 0.2) is 0 Å². The predicted octanol–water partition coefficient (Wildman–Crippen LogP) is 3.11. The average Bonchev–Trinajstić information content (AvgIpc) is 2.54. The van der Waals surface area contributed by atoms with Gasteiger partial charge in [0, 0.05) is 36.7 Å². The average molecular weight is 312 g/mol. The van der Waals surface area contributed by atoms with Gasteiger partial charge in [0.1, 0.15) is 5.69 Å². The maximum absolute atomic E-state index is 12.2. The summed E-state index contributed by atoms with van der Waals surface area (Å²) in [6, 6.07) is 10.4. The van der Waals surface area contributed by atoms with Crippen molar-refractivity contribution in [3.05, 3.63) is 48.3 Å². The molecule has 0 atom stereocenters. The highest BCUT2D eigenvalue weighted by Crippen LogP contribution is 2.15. The van der Waals surface area contributed by atoms with E-state index in [0.29, 0.717) is 17.1 Å². The first-order chi connectivity index (χ1) is 11.1. The van der Waals surface area contributed by atoms with Crippen molar-refractivity contribution in [1.29, 1.82) is 0 Å². The summed E-state index contributed by atoms with van der Waals surface area (Å²) in [5, 5.41) is 8.67. The third-order valence-corrected chi connectivity index (χ3v) is 3.03. The topological polar surface area (TPSA) is 83.1 Å². The van der Waals surface area contributed by atoms with Gasteiger partial charge < -0.3 is 16.0 Å². The van der Waals surface area contributed by atoms with E-state index in [1.54, 1.807) is 36.5 Å². The fourth-order valence-electron chi connectivity index (χ4n) is 1.97. The minimum absolute atomic E-state index is 0.137. The van der Waals surface area contributed by atoms with Crippen LogP contribution in [0.1, 0.15) is 30.8 Å². The number of carbonyl (C=O) groups is 2. The van der Waals surface area contributed by atoms with Crippen molar-refractivity contribution in [1.82, 2.24) is 4.98 Å². The van der Waals surface area contributed by atoms with Gasteiger partial charge in [-0.25, -0.2) is 0 Å². The molecule has 6 nitrogen and oxygen atoms in total. The van der Waals surface area contributed by atoms with E-state index in [4.69, 9.17) is 0 Å². The lowest BCUT2D eigenvalue weighted by atomic mass is 10.2. The molecule has 2 aromatic rings. The highest BCUT2D eigenvalue weighted by atomic mass is 16.2. The minimum Gasteiger partial charge on any atom is -0.385 e. The van der Waals surface area contributed by atoms with E-state index in [1.807, 2.05) is 6.07 Å². The molecule has 0 aliphatic heterocycles. The maximum atomic E-state index is 12.2. The third-order valence-electron chi connectivity index (χ3n) is 3.03. The normalized spacial score (nSPS) is 10.0. The van der Waals surface area contributed by atoms with Crippen LogP contribution in [0.2, 0.25) is 0 Å². The smallest absolute Gasteiger partial charge is 0.274 e. The largest absolute Gasteiger partial charge is 0.385 e. The Bertz CT molecular complexity index is 683. The van der Waals surface area contributed by atoms with E-state index in [-0.39, 0.29) is 11.8 Å². The minimum atomic E-state index is -0.280. The number of aromatic nitrogens is 1. The van der Waals surface area contributed by atoms with E-state index in [9.17, 15) is 9.59 Å². The summed E-state index contributed by atoms with van der Waals surface area (Å²) in [6.45, 7) is 4.36. The summed E-state index contributed by atoms with van der Waals surface area (Å²) in [6.07, 6.45) is 2.61. The summed E-state index contributed by atoms with van der Waals surface area (Å²) < 4.78 is 0. The van der Waals surface area contributed by atoms with Crippen LogP contribution in [0.4, 0.5) is 17.1 Å². The number of anilines is 3. The maximum Gasteiger partial charge on any atom is 0.274 e. The van der Waals surface area contributed by atoms with Crippen LogP contribution in [-0.2, 0) is 4.79 Å². The van der Waals surface area contributed by atoms with Crippen LogP contribution in [0, 0.1) is 0 Å². The zero-order chi connectivity index (χ0) is 16.7. The van der Waals surface area contributed by atoms with Gasteiger partial charge in [-0.1, -0.05) is 6.92 Å². The lowest BCUT2D eigenvalue weighted by Crippen LogP contribution is -2.14. The second-order valence-electron chi connectivity index (χ2n) is 5.07. The van der Waals surface area contributed by atoms with Gasteiger partial charge in [0.2, 0.25) is 5.91 Å². The number of nitrogens with one attached hydrogen (secondary N) is 3. The third kappa shape index (κ3) is 5.10. The standard InChI is InChI=1S/C17H20N4O2/c1-3-9-18-15-8-10-19-16(11-15)17(23)21-14-6-4-13(5-7-14)20-12(2)22/h4-8,10-11H,3,9H2,1-2H3,(H,18,19)(H,20,22)(H,21,23). The molecule has 0 bridgehead atoms. The Balaban J connectivity index is 2.02. The summed E-state index contributed by atoms with van der Waals surface area (Å²) >= 11 is 0.